The molecule has 1 aliphatic rings. The van der Waals surface area contributed by atoms with Crippen molar-refractivity contribution in [2.75, 3.05) is 25.1 Å². The number of hydrogen-bond acceptors (Lipinski definition) is 5. The highest BCUT2D eigenvalue weighted by Gasteiger charge is 2.22. The van der Waals surface area contributed by atoms with Crippen molar-refractivity contribution >= 4 is 35.1 Å². The molecule has 7 heteroatoms. The SMILES string of the molecule is COC(=O)c1c(Cl)nc(N2CCCC2)nc1Cl. The standard InChI is InChI=1S/C10H11Cl2N3O2/c1-17-9(16)6-7(11)13-10(14-8(6)12)15-4-2-3-5-15/h2-5H2,1H3. The van der Waals surface area contributed by atoms with Crippen LogP contribution in [0, 0.1) is 0 Å². The Balaban J connectivity index is 2.37. The van der Waals surface area contributed by atoms with Crippen molar-refractivity contribution in [1.29, 1.82) is 0 Å². The van der Waals surface area contributed by atoms with Gasteiger partial charge in [0.2, 0.25) is 5.95 Å². The molecule has 0 saturated carbocycles. The first kappa shape index (κ1) is 12.4. The number of ether oxygens (including phenoxy) is 1. The van der Waals surface area contributed by atoms with Gasteiger partial charge in [-0.1, -0.05) is 23.2 Å². The van der Waals surface area contributed by atoms with E-state index in [4.69, 9.17) is 23.2 Å². The molecule has 92 valence electrons. The molecule has 17 heavy (non-hydrogen) atoms. The summed E-state index contributed by atoms with van der Waals surface area (Å²) in [7, 11) is 1.25. The van der Waals surface area contributed by atoms with E-state index in [9.17, 15) is 4.79 Å². The lowest BCUT2D eigenvalue weighted by molar-refractivity contribution is 0.0600. The van der Waals surface area contributed by atoms with Crippen LogP contribution >= 0.6 is 23.2 Å². The summed E-state index contributed by atoms with van der Waals surface area (Å²) in [4.78, 5) is 21.5. The Morgan fingerprint density at radius 2 is 1.76 bits per heavy atom. The van der Waals surface area contributed by atoms with Crippen LogP contribution in [0.1, 0.15) is 23.2 Å². The van der Waals surface area contributed by atoms with Gasteiger partial charge in [0.1, 0.15) is 5.56 Å². The lowest BCUT2D eigenvalue weighted by atomic mass is 10.3. The zero-order valence-electron chi connectivity index (χ0n) is 9.24. The third-order valence-corrected chi connectivity index (χ3v) is 3.13. The molecule has 1 aliphatic heterocycles. The van der Waals surface area contributed by atoms with Gasteiger partial charge in [0.05, 0.1) is 7.11 Å². The van der Waals surface area contributed by atoms with Crippen molar-refractivity contribution in [3.05, 3.63) is 15.9 Å². The number of carbonyl (C=O) groups is 1. The smallest absolute Gasteiger partial charge is 0.344 e. The summed E-state index contributed by atoms with van der Waals surface area (Å²) in [5.74, 6) is -0.168. The van der Waals surface area contributed by atoms with Crippen molar-refractivity contribution in [1.82, 2.24) is 9.97 Å². The quantitative estimate of drug-likeness (QED) is 0.612. The van der Waals surface area contributed by atoms with Gasteiger partial charge in [-0.2, -0.15) is 9.97 Å². The topological polar surface area (TPSA) is 55.3 Å². The van der Waals surface area contributed by atoms with Gasteiger partial charge in [-0.05, 0) is 12.8 Å². The number of methoxy groups -OCH3 is 1. The average molecular weight is 276 g/mol. The summed E-state index contributed by atoms with van der Waals surface area (Å²) < 4.78 is 4.56. The highest BCUT2D eigenvalue weighted by Crippen LogP contribution is 2.26. The summed E-state index contributed by atoms with van der Waals surface area (Å²) in [6.07, 6.45) is 2.19. The molecule has 0 aliphatic carbocycles. The maximum absolute atomic E-state index is 11.4. The third kappa shape index (κ3) is 2.45. The Labute approximate surface area is 109 Å². The molecule has 0 amide bonds. The fourth-order valence-electron chi connectivity index (χ4n) is 1.73. The van der Waals surface area contributed by atoms with Gasteiger partial charge < -0.3 is 9.64 Å². The Bertz CT molecular complexity index is 424. The van der Waals surface area contributed by atoms with Crippen molar-refractivity contribution in [2.24, 2.45) is 0 Å². The van der Waals surface area contributed by atoms with Crippen LogP contribution in [-0.4, -0.2) is 36.1 Å². The fourth-order valence-corrected chi connectivity index (χ4v) is 2.26. The van der Waals surface area contributed by atoms with Crippen LogP contribution in [0.4, 0.5) is 5.95 Å². The molecule has 0 N–H and O–H groups in total. The number of aromatic nitrogens is 2. The molecule has 1 aromatic rings. The maximum Gasteiger partial charge on any atom is 0.344 e. The molecule has 0 radical (unpaired) electrons. The summed E-state index contributed by atoms with van der Waals surface area (Å²) in [5.41, 5.74) is 0.0128. The minimum atomic E-state index is -0.632. The van der Waals surface area contributed by atoms with Gasteiger partial charge in [-0.15, -0.1) is 0 Å². The van der Waals surface area contributed by atoms with Gasteiger partial charge in [-0.3, -0.25) is 0 Å². The molecule has 1 aromatic heterocycles. The van der Waals surface area contributed by atoms with Gasteiger partial charge in [-0.25, -0.2) is 4.79 Å². The number of rotatable bonds is 2. The predicted molar refractivity (Wildman–Crippen MR) is 64.8 cm³/mol. The Morgan fingerprint density at radius 3 is 2.24 bits per heavy atom. The van der Waals surface area contributed by atoms with Crippen molar-refractivity contribution in [2.45, 2.75) is 12.8 Å². The monoisotopic (exact) mass is 275 g/mol. The average Bonchev–Trinajstić information content (AvgIpc) is 2.81. The summed E-state index contributed by atoms with van der Waals surface area (Å²) in [6, 6.07) is 0. The van der Waals surface area contributed by atoms with Gasteiger partial charge >= 0.3 is 5.97 Å². The minimum Gasteiger partial charge on any atom is -0.465 e. The molecule has 0 spiro atoms. The van der Waals surface area contributed by atoms with Crippen LogP contribution in [0.15, 0.2) is 0 Å². The maximum atomic E-state index is 11.4. The zero-order valence-corrected chi connectivity index (χ0v) is 10.8. The number of anilines is 1. The van der Waals surface area contributed by atoms with E-state index in [-0.39, 0.29) is 15.9 Å². The minimum absolute atomic E-state index is 0.0128. The predicted octanol–water partition coefficient (Wildman–Crippen LogP) is 2.17. The van der Waals surface area contributed by atoms with E-state index < -0.39 is 5.97 Å². The fraction of sp³-hybridized carbons (Fsp3) is 0.500. The molecular formula is C10H11Cl2N3O2. The summed E-state index contributed by atoms with van der Waals surface area (Å²) in [6.45, 7) is 1.76. The van der Waals surface area contributed by atoms with Crippen molar-refractivity contribution < 1.29 is 9.53 Å². The first-order valence-corrected chi connectivity index (χ1v) is 5.95. The number of nitrogens with zero attached hydrogens (tertiary/aromatic N) is 3. The zero-order chi connectivity index (χ0) is 12.4. The molecule has 5 nitrogen and oxygen atoms in total. The van der Waals surface area contributed by atoms with Crippen LogP contribution < -0.4 is 4.90 Å². The highest BCUT2D eigenvalue weighted by atomic mass is 35.5. The highest BCUT2D eigenvalue weighted by molar-refractivity contribution is 6.38. The lowest BCUT2D eigenvalue weighted by Gasteiger charge is -2.16. The van der Waals surface area contributed by atoms with E-state index in [2.05, 4.69) is 14.7 Å². The van der Waals surface area contributed by atoms with Crippen LogP contribution in [0.2, 0.25) is 10.3 Å². The largest absolute Gasteiger partial charge is 0.465 e. The van der Waals surface area contributed by atoms with E-state index in [1.54, 1.807) is 0 Å². The Hall–Kier alpha value is -1.07. The van der Waals surface area contributed by atoms with Gasteiger partial charge in [0.25, 0.3) is 0 Å². The Morgan fingerprint density at radius 1 is 1.24 bits per heavy atom. The first-order valence-electron chi connectivity index (χ1n) is 5.19. The van der Waals surface area contributed by atoms with Gasteiger partial charge in [0.15, 0.2) is 10.3 Å². The number of halogens is 2. The molecule has 1 saturated heterocycles. The molecule has 0 atom stereocenters. The first-order chi connectivity index (χ1) is 8.13. The van der Waals surface area contributed by atoms with E-state index >= 15 is 0 Å². The molecule has 0 aromatic carbocycles. The number of hydrogen-bond donors (Lipinski definition) is 0. The van der Waals surface area contributed by atoms with Crippen LogP contribution in [0.25, 0.3) is 0 Å². The van der Waals surface area contributed by atoms with E-state index in [0.29, 0.717) is 5.95 Å². The molecule has 0 unspecified atom stereocenters. The molecule has 2 rings (SSSR count). The Kier molecular flexibility index (Phi) is 3.69. The van der Waals surface area contributed by atoms with Crippen LogP contribution in [0.3, 0.4) is 0 Å². The normalized spacial score (nSPS) is 15.1. The second-order valence-electron chi connectivity index (χ2n) is 3.67. The van der Waals surface area contributed by atoms with E-state index in [0.717, 1.165) is 25.9 Å². The van der Waals surface area contributed by atoms with E-state index in [1.807, 2.05) is 4.90 Å². The van der Waals surface area contributed by atoms with Crippen LogP contribution in [0.5, 0.6) is 0 Å². The number of carbonyl (C=O) groups excluding carboxylic acids is 1. The van der Waals surface area contributed by atoms with Crippen LogP contribution in [-0.2, 0) is 4.74 Å². The molecular weight excluding hydrogens is 265 g/mol. The second kappa shape index (κ2) is 5.06. The van der Waals surface area contributed by atoms with Gasteiger partial charge in [0, 0.05) is 13.1 Å². The lowest BCUT2D eigenvalue weighted by Crippen LogP contribution is -2.21. The number of esters is 1. The summed E-state index contributed by atoms with van der Waals surface area (Å²) >= 11 is 11.8. The van der Waals surface area contributed by atoms with Crippen molar-refractivity contribution in [3.63, 3.8) is 0 Å². The molecule has 1 fully saturated rings. The summed E-state index contributed by atoms with van der Waals surface area (Å²) in [5, 5.41) is 0.0532. The van der Waals surface area contributed by atoms with Crippen molar-refractivity contribution in [3.8, 4) is 0 Å². The third-order valence-electron chi connectivity index (χ3n) is 2.59. The second-order valence-corrected chi connectivity index (χ2v) is 4.38. The molecule has 2 heterocycles. The molecule has 0 bridgehead atoms. The van der Waals surface area contributed by atoms with E-state index in [1.165, 1.54) is 7.11 Å².